The molecule has 0 radical (unpaired) electrons. The number of aliphatic hydroxyl groups is 2. The zero-order valence-electron chi connectivity index (χ0n) is 12.7. The number of nitrogens with zero attached hydrogens (tertiary/aromatic N) is 1. The summed E-state index contributed by atoms with van der Waals surface area (Å²) in [6.07, 6.45) is -6.98. The van der Waals surface area contributed by atoms with Crippen LogP contribution in [-0.2, 0) is 0 Å². The Morgan fingerprint density at radius 2 is 1.74 bits per heavy atom. The fourth-order valence-corrected chi connectivity index (χ4v) is 2.78. The first-order valence-corrected chi connectivity index (χ1v) is 7.69. The standard InChI is InChI=1S/C16H22F3NO3/c17-16(18,19)15(22)12-6-8-20(9-7-12)10-13(21)11-23-14-4-2-1-3-5-14/h1-5,12-13,15,21-22H,6-11H2. The number of aliphatic hydroxyl groups excluding tert-OH is 2. The monoisotopic (exact) mass is 333 g/mol. The minimum atomic E-state index is -4.56. The molecule has 2 rings (SSSR count). The second kappa shape index (κ2) is 7.99. The van der Waals surface area contributed by atoms with Crippen molar-refractivity contribution >= 4 is 0 Å². The van der Waals surface area contributed by atoms with Crippen LogP contribution in [-0.4, -0.2) is 59.7 Å². The summed E-state index contributed by atoms with van der Waals surface area (Å²) >= 11 is 0. The summed E-state index contributed by atoms with van der Waals surface area (Å²) < 4.78 is 42.9. The van der Waals surface area contributed by atoms with Gasteiger partial charge in [0.05, 0.1) is 0 Å². The van der Waals surface area contributed by atoms with Crippen LogP contribution in [0.1, 0.15) is 12.8 Å². The Bertz CT molecular complexity index is 461. The van der Waals surface area contributed by atoms with Gasteiger partial charge in [-0.1, -0.05) is 18.2 Å². The minimum absolute atomic E-state index is 0.134. The van der Waals surface area contributed by atoms with Crippen LogP contribution in [0.25, 0.3) is 0 Å². The lowest BCUT2D eigenvalue weighted by Gasteiger charge is -2.35. The molecule has 0 aromatic heterocycles. The van der Waals surface area contributed by atoms with Gasteiger partial charge in [-0.05, 0) is 44.0 Å². The van der Waals surface area contributed by atoms with E-state index in [0.29, 0.717) is 25.4 Å². The van der Waals surface area contributed by atoms with Crippen LogP contribution in [0.4, 0.5) is 13.2 Å². The number of hydrogen-bond donors (Lipinski definition) is 2. The number of hydrogen-bond acceptors (Lipinski definition) is 4. The third-order valence-electron chi connectivity index (χ3n) is 4.07. The van der Waals surface area contributed by atoms with Crippen molar-refractivity contribution in [2.24, 2.45) is 5.92 Å². The summed E-state index contributed by atoms with van der Waals surface area (Å²) in [6.45, 7) is 1.34. The van der Waals surface area contributed by atoms with Crippen molar-refractivity contribution < 1.29 is 28.1 Å². The summed E-state index contributed by atoms with van der Waals surface area (Å²) in [5, 5.41) is 19.2. The van der Waals surface area contributed by atoms with Crippen molar-refractivity contribution in [2.75, 3.05) is 26.2 Å². The predicted octanol–water partition coefficient (Wildman–Crippen LogP) is 2.06. The maximum atomic E-state index is 12.5. The average Bonchev–Trinajstić information content (AvgIpc) is 2.53. The van der Waals surface area contributed by atoms with Gasteiger partial charge in [0.25, 0.3) is 0 Å². The highest BCUT2D eigenvalue weighted by atomic mass is 19.4. The Hall–Kier alpha value is -1.31. The summed E-state index contributed by atoms with van der Waals surface area (Å²) in [5.74, 6) is -0.0949. The van der Waals surface area contributed by atoms with Gasteiger partial charge >= 0.3 is 6.18 Å². The molecule has 0 spiro atoms. The molecular formula is C16H22F3NO3. The van der Waals surface area contributed by atoms with Gasteiger partial charge in [-0.15, -0.1) is 0 Å². The van der Waals surface area contributed by atoms with Crippen LogP contribution in [0.5, 0.6) is 5.75 Å². The molecule has 1 aromatic rings. The number of rotatable bonds is 6. The maximum Gasteiger partial charge on any atom is 0.414 e. The lowest BCUT2D eigenvalue weighted by molar-refractivity contribution is -0.223. The molecule has 2 N–H and O–H groups in total. The van der Waals surface area contributed by atoms with Crippen LogP contribution in [0.3, 0.4) is 0 Å². The van der Waals surface area contributed by atoms with Crippen molar-refractivity contribution in [3.8, 4) is 5.75 Å². The van der Waals surface area contributed by atoms with Crippen LogP contribution in [0.2, 0.25) is 0 Å². The van der Waals surface area contributed by atoms with Gasteiger partial charge in [-0.3, -0.25) is 0 Å². The third kappa shape index (κ3) is 5.67. The van der Waals surface area contributed by atoms with Gasteiger partial charge in [0.2, 0.25) is 0 Å². The fourth-order valence-electron chi connectivity index (χ4n) is 2.78. The Morgan fingerprint density at radius 3 is 2.30 bits per heavy atom. The molecule has 0 amide bonds. The number of ether oxygens (including phenoxy) is 1. The fraction of sp³-hybridized carbons (Fsp3) is 0.625. The molecule has 1 aliphatic rings. The van der Waals surface area contributed by atoms with E-state index in [0.717, 1.165) is 0 Å². The first-order valence-electron chi connectivity index (χ1n) is 7.69. The van der Waals surface area contributed by atoms with E-state index in [-0.39, 0.29) is 19.4 Å². The minimum Gasteiger partial charge on any atom is -0.491 e. The lowest BCUT2D eigenvalue weighted by Crippen LogP contribution is -2.45. The van der Waals surface area contributed by atoms with Gasteiger partial charge in [0.15, 0.2) is 6.10 Å². The van der Waals surface area contributed by atoms with Crippen molar-refractivity contribution in [3.05, 3.63) is 30.3 Å². The molecule has 1 aromatic carbocycles. The van der Waals surface area contributed by atoms with Gasteiger partial charge in [0.1, 0.15) is 18.5 Å². The highest BCUT2D eigenvalue weighted by Gasteiger charge is 2.44. The first-order chi connectivity index (χ1) is 10.9. The lowest BCUT2D eigenvalue weighted by atomic mass is 9.91. The summed E-state index contributed by atoms with van der Waals surface area (Å²) in [6, 6.07) is 9.10. The van der Waals surface area contributed by atoms with Crippen LogP contribution in [0, 0.1) is 5.92 Å². The molecule has 1 fully saturated rings. The topological polar surface area (TPSA) is 52.9 Å². The van der Waals surface area contributed by atoms with E-state index < -0.39 is 24.3 Å². The number of piperidine rings is 1. The van der Waals surface area contributed by atoms with Crippen molar-refractivity contribution in [1.82, 2.24) is 4.90 Å². The second-order valence-electron chi connectivity index (χ2n) is 5.90. The number of benzene rings is 1. The quantitative estimate of drug-likeness (QED) is 0.837. The van der Waals surface area contributed by atoms with E-state index in [4.69, 9.17) is 4.74 Å². The maximum absolute atomic E-state index is 12.5. The number of para-hydroxylation sites is 1. The third-order valence-corrected chi connectivity index (χ3v) is 4.07. The number of halogens is 3. The molecule has 2 unspecified atom stereocenters. The van der Waals surface area contributed by atoms with E-state index in [1.165, 1.54) is 0 Å². The molecule has 130 valence electrons. The molecule has 0 aliphatic carbocycles. The zero-order valence-corrected chi connectivity index (χ0v) is 12.7. The van der Waals surface area contributed by atoms with E-state index in [1.807, 2.05) is 23.1 Å². The Balaban J connectivity index is 1.69. The molecule has 1 heterocycles. The molecule has 4 nitrogen and oxygen atoms in total. The van der Waals surface area contributed by atoms with E-state index in [9.17, 15) is 23.4 Å². The van der Waals surface area contributed by atoms with Crippen molar-refractivity contribution in [2.45, 2.75) is 31.2 Å². The van der Waals surface area contributed by atoms with Gasteiger partial charge in [-0.2, -0.15) is 13.2 Å². The molecule has 0 bridgehead atoms. The first kappa shape index (κ1) is 18.0. The highest BCUT2D eigenvalue weighted by Crippen LogP contribution is 2.31. The second-order valence-corrected chi connectivity index (χ2v) is 5.90. The molecule has 7 heteroatoms. The normalized spacial score (nSPS) is 20.2. The van der Waals surface area contributed by atoms with E-state index >= 15 is 0 Å². The number of likely N-dealkylation sites (tertiary alicyclic amines) is 1. The SMILES string of the molecule is OC(COc1ccccc1)CN1CCC(C(O)C(F)(F)F)CC1. The largest absolute Gasteiger partial charge is 0.491 e. The summed E-state index contributed by atoms with van der Waals surface area (Å²) in [5.41, 5.74) is 0. The van der Waals surface area contributed by atoms with Gasteiger partial charge < -0.3 is 19.8 Å². The van der Waals surface area contributed by atoms with Crippen molar-refractivity contribution in [3.63, 3.8) is 0 Å². The van der Waals surface area contributed by atoms with E-state index in [2.05, 4.69) is 0 Å². The molecular weight excluding hydrogens is 311 g/mol. The number of β-amino-alcohol motifs (C(OH)–C–C–N with tert-alkyl or cyclic N) is 1. The smallest absolute Gasteiger partial charge is 0.414 e. The van der Waals surface area contributed by atoms with Crippen LogP contribution < -0.4 is 4.74 Å². The summed E-state index contributed by atoms with van der Waals surface area (Å²) in [7, 11) is 0. The Morgan fingerprint density at radius 1 is 1.13 bits per heavy atom. The predicted molar refractivity (Wildman–Crippen MR) is 79.2 cm³/mol. The van der Waals surface area contributed by atoms with Crippen molar-refractivity contribution in [1.29, 1.82) is 0 Å². The van der Waals surface area contributed by atoms with E-state index in [1.54, 1.807) is 12.1 Å². The summed E-state index contributed by atoms with van der Waals surface area (Å²) in [4.78, 5) is 1.90. The zero-order chi connectivity index (χ0) is 16.9. The van der Waals surface area contributed by atoms with Gasteiger partial charge in [-0.25, -0.2) is 0 Å². The highest BCUT2D eigenvalue weighted by molar-refractivity contribution is 5.20. The molecule has 23 heavy (non-hydrogen) atoms. The average molecular weight is 333 g/mol. The Kier molecular flexibility index (Phi) is 6.26. The van der Waals surface area contributed by atoms with Crippen LogP contribution >= 0.6 is 0 Å². The molecule has 1 aliphatic heterocycles. The van der Waals surface area contributed by atoms with Gasteiger partial charge in [0, 0.05) is 6.54 Å². The Labute approximate surface area is 133 Å². The molecule has 1 saturated heterocycles. The molecule has 0 saturated carbocycles. The molecule has 2 atom stereocenters. The number of alkyl halides is 3. The van der Waals surface area contributed by atoms with Crippen LogP contribution in [0.15, 0.2) is 30.3 Å².